The summed E-state index contributed by atoms with van der Waals surface area (Å²) in [6.07, 6.45) is 4.16. The minimum Gasteiger partial charge on any atom is -0.314 e. The van der Waals surface area contributed by atoms with E-state index < -0.39 is 5.41 Å². The molecule has 24 heavy (non-hydrogen) atoms. The highest BCUT2D eigenvalue weighted by Crippen LogP contribution is 2.47. The van der Waals surface area contributed by atoms with Gasteiger partial charge in [0.05, 0.1) is 0 Å². The molecule has 1 amide bonds. The standard InChI is InChI=1S/C21H18N2O/c1-23-19-10-6-5-9-18(19)21(20(23)24,17-11-13-22-14-12-17)15-16-7-3-2-4-8-16/h2-14H,15H2,1H3. The number of rotatable bonds is 3. The second kappa shape index (κ2) is 5.60. The van der Waals surface area contributed by atoms with Gasteiger partial charge in [0.25, 0.3) is 0 Å². The Morgan fingerprint density at radius 2 is 1.58 bits per heavy atom. The Balaban J connectivity index is 1.97. The van der Waals surface area contributed by atoms with E-state index in [0.717, 1.165) is 22.4 Å². The Hall–Kier alpha value is -2.94. The number of fused-ring (bicyclic) bond motifs is 1. The molecule has 3 aromatic rings. The number of likely N-dealkylation sites (N-methyl/N-ethyl adjacent to an activating group) is 1. The van der Waals surface area contributed by atoms with E-state index in [-0.39, 0.29) is 5.91 Å². The van der Waals surface area contributed by atoms with E-state index in [4.69, 9.17) is 0 Å². The van der Waals surface area contributed by atoms with Crippen molar-refractivity contribution >= 4 is 11.6 Å². The van der Waals surface area contributed by atoms with Crippen LogP contribution in [0.25, 0.3) is 0 Å². The van der Waals surface area contributed by atoms with Crippen LogP contribution >= 0.6 is 0 Å². The van der Waals surface area contributed by atoms with Gasteiger partial charge in [-0.15, -0.1) is 0 Å². The van der Waals surface area contributed by atoms with Crippen LogP contribution in [0.2, 0.25) is 0 Å². The molecule has 2 heterocycles. The fourth-order valence-corrected chi connectivity index (χ4v) is 3.73. The van der Waals surface area contributed by atoms with Gasteiger partial charge >= 0.3 is 0 Å². The maximum Gasteiger partial charge on any atom is 0.242 e. The molecule has 3 nitrogen and oxygen atoms in total. The third-order valence-corrected chi connectivity index (χ3v) is 4.88. The molecular formula is C21H18N2O. The van der Waals surface area contributed by atoms with E-state index in [1.165, 1.54) is 0 Å². The van der Waals surface area contributed by atoms with Gasteiger partial charge in [0.1, 0.15) is 5.41 Å². The molecule has 1 atom stereocenters. The maximum absolute atomic E-state index is 13.4. The Kier molecular flexibility index (Phi) is 3.42. The minimum absolute atomic E-state index is 0.110. The third-order valence-electron chi connectivity index (χ3n) is 4.88. The zero-order valence-corrected chi connectivity index (χ0v) is 13.5. The van der Waals surface area contributed by atoms with E-state index >= 15 is 0 Å². The van der Waals surface area contributed by atoms with Crippen LogP contribution in [0.4, 0.5) is 5.69 Å². The van der Waals surface area contributed by atoms with Gasteiger partial charge < -0.3 is 4.90 Å². The number of amides is 1. The van der Waals surface area contributed by atoms with Crippen LogP contribution in [0.15, 0.2) is 79.1 Å². The van der Waals surface area contributed by atoms with E-state index in [9.17, 15) is 4.79 Å². The monoisotopic (exact) mass is 314 g/mol. The van der Waals surface area contributed by atoms with Crippen molar-refractivity contribution < 1.29 is 4.79 Å². The Labute approximate surface area is 141 Å². The van der Waals surface area contributed by atoms with Crippen molar-refractivity contribution in [1.29, 1.82) is 0 Å². The topological polar surface area (TPSA) is 33.2 Å². The number of para-hydroxylation sites is 1. The van der Waals surface area contributed by atoms with Gasteiger partial charge in [-0.2, -0.15) is 0 Å². The highest BCUT2D eigenvalue weighted by molar-refractivity contribution is 6.10. The Bertz CT molecular complexity index is 877. The van der Waals surface area contributed by atoms with Crippen molar-refractivity contribution in [3.63, 3.8) is 0 Å². The predicted molar refractivity (Wildman–Crippen MR) is 95.0 cm³/mol. The van der Waals surface area contributed by atoms with E-state index in [2.05, 4.69) is 23.2 Å². The first kappa shape index (κ1) is 14.6. The number of carbonyl (C=O) groups is 1. The summed E-state index contributed by atoms with van der Waals surface area (Å²) < 4.78 is 0. The number of nitrogens with zero attached hydrogens (tertiary/aromatic N) is 2. The van der Waals surface area contributed by atoms with E-state index in [1.54, 1.807) is 17.3 Å². The van der Waals surface area contributed by atoms with Gasteiger partial charge in [0.15, 0.2) is 0 Å². The quantitative estimate of drug-likeness (QED) is 0.740. The zero-order chi connectivity index (χ0) is 16.6. The molecular weight excluding hydrogens is 296 g/mol. The average molecular weight is 314 g/mol. The summed E-state index contributed by atoms with van der Waals surface area (Å²) in [4.78, 5) is 19.3. The highest BCUT2D eigenvalue weighted by atomic mass is 16.2. The third kappa shape index (κ3) is 2.05. The molecule has 2 aromatic carbocycles. The van der Waals surface area contributed by atoms with Crippen LogP contribution in [0, 0.1) is 0 Å². The molecule has 0 bridgehead atoms. The highest BCUT2D eigenvalue weighted by Gasteiger charge is 2.50. The van der Waals surface area contributed by atoms with Crippen LogP contribution in [0.1, 0.15) is 16.7 Å². The molecule has 0 N–H and O–H groups in total. The molecule has 0 aliphatic carbocycles. The number of pyridine rings is 1. The Morgan fingerprint density at radius 1 is 0.917 bits per heavy atom. The lowest BCUT2D eigenvalue weighted by Crippen LogP contribution is -2.41. The van der Waals surface area contributed by atoms with Crippen LogP contribution in [0.3, 0.4) is 0 Å². The normalized spacial score (nSPS) is 19.4. The molecule has 4 rings (SSSR count). The molecule has 3 heteroatoms. The fourth-order valence-electron chi connectivity index (χ4n) is 3.73. The summed E-state index contributed by atoms with van der Waals surface area (Å²) in [5, 5.41) is 0. The molecule has 0 radical (unpaired) electrons. The molecule has 0 saturated carbocycles. The van der Waals surface area contributed by atoms with Gasteiger partial charge in [-0.05, 0) is 41.3 Å². The number of hydrogen-bond donors (Lipinski definition) is 0. The number of anilines is 1. The maximum atomic E-state index is 13.4. The zero-order valence-electron chi connectivity index (χ0n) is 13.5. The molecule has 1 aliphatic rings. The van der Waals surface area contributed by atoms with Crippen molar-refractivity contribution in [3.05, 3.63) is 95.8 Å². The largest absolute Gasteiger partial charge is 0.314 e. The summed E-state index contributed by atoms with van der Waals surface area (Å²) in [6, 6.07) is 22.2. The van der Waals surface area contributed by atoms with E-state index in [0.29, 0.717) is 6.42 Å². The molecule has 1 unspecified atom stereocenters. The van der Waals surface area contributed by atoms with Crippen LogP contribution < -0.4 is 4.90 Å². The molecule has 0 spiro atoms. The van der Waals surface area contributed by atoms with Crippen LogP contribution in [-0.2, 0) is 16.6 Å². The van der Waals surface area contributed by atoms with Crippen molar-refractivity contribution in [2.75, 3.05) is 11.9 Å². The van der Waals surface area contributed by atoms with Crippen LogP contribution in [0.5, 0.6) is 0 Å². The predicted octanol–water partition coefficient (Wildman–Crippen LogP) is 3.59. The average Bonchev–Trinajstić information content (AvgIpc) is 2.86. The number of hydrogen-bond acceptors (Lipinski definition) is 2. The van der Waals surface area contributed by atoms with Crippen molar-refractivity contribution in [2.24, 2.45) is 0 Å². The molecule has 0 fully saturated rings. The molecule has 1 aromatic heterocycles. The summed E-state index contributed by atoms with van der Waals surface area (Å²) >= 11 is 0. The summed E-state index contributed by atoms with van der Waals surface area (Å²) in [5.41, 5.74) is 3.48. The molecule has 118 valence electrons. The van der Waals surface area contributed by atoms with Gasteiger partial charge in [-0.25, -0.2) is 0 Å². The Morgan fingerprint density at radius 3 is 2.33 bits per heavy atom. The van der Waals surface area contributed by atoms with Gasteiger partial charge in [-0.1, -0.05) is 48.5 Å². The van der Waals surface area contributed by atoms with Gasteiger partial charge in [0.2, 0.25) is 5.91 Å². The minimum atomic E-state index is -0.699. The number of aromatic nitrogens is 1. The number of benzene rings is 2. The summed E-state index contributed by atoms with van der Waals surface area (Å²) in [5.74, 6) is 0.110. The second-order valence-electron chi connectivity index (χ2n) is 6.18. The lowest BCUT2D eigenvalue weighted by Gasteiger charge is -2.29. The lowest BCUT2D eigenvalue weighted by atomic mass is 9.71. The fraction of sp³-hybridized carbons (Fsp3) is 0.143. The molecule has 0 saturated heterocycles. The van der Waals surface area contributed by atoms with Gasteiger partial charge in [0, 0.05) is 25.1 Å². The second-order valence-corrected chi connectivity index (χ2v) is 6.18. The first-order chi connectivity index (χ1) is 11.7. The SMILES string of the molecule is CN1C(=O)C(Cc2ccccc2)(c2ccncc2)c2ccccc21. The first-order valence-electron chi connectivity index (χ1n) is 8.05. The molecule has 1 aliphatic heterocycles. The van der Waals surface area contributed by atoms with Crippen LogP contribution in [-0.4, -0.2) is 17.9 Å². The summed E-state index contributed by atoms with van der Waals surface area (Å²) in [7, 11) is 1.86. The first-order valence-corrected chi connectivity index (χ1v) is 8.05. The van der Waals surface area contributed by atoms with Crippen molar-refractivity contribution in [3.8, 4) is 0 Å². The smallest absolute Gasteiger partial charge is 0.242 e. The summed E-state index contributed by atoms with van der Waals surface area (Å²) in [6.45, 7) is 0. The van der Waals surface area contributed by atoms with Crippen molar-refractivity contribution in [2.45, 2.75) is 11.8 Å². The van der Waals surface area contributed by atoms with Gasteiger partial charge in [-0.3, -0.25) is 9.78 Å². The van der Waals surface area contributed by atoms with Crippen molar-refractivity contribution in [1.82, 2.24) is 4.98 Å². The lowest BCUT2D eigenvalue weighted by molar-refractivity contribution is -0.121. The number of carbonyl (C=O) groups excluding carboxylic acids is 1. The van der Waals surface area contributed by atoms with E-state index in [1.807, 2.05) is 55.6 Å².